The number of hydrogen-bond donors (Lipinski definition) is 6. The molecule has 248 valence electrons. The Labute approximate surface area is 297 Å². The van der Waals surface area contributed by atoms with Crippen molar-refractivity contribution in [3.63, 3.8) is 0 Å². The molecule has 4 atom stereocenters. The fourth-order valence-electron chi connectivity index (χ4n) is 4.31. The molecular weight excluding hydrogens is 943 g/mol. The van der Waals surface area contributed by atoms with E-state index < -0.39 is 76.5 Å². The molecule has 1 aromatic carbocycles. The van der Waals surface area contributed by atoms with Crippen molar-refractivity contribution in [3.8, 4) is 0 Å². The average Bonchev–Trinajstić information content (AvgIpc) is 2.92. The van der Waals surface area contributed by atoms with Gasteiger partial charge in [0.05, 0.1) is 27.6 Å². The highest BCUT2D eigenvalue weighted by Crippen LogP contribution is 2.43. The minimum absolute atomic E-state index is 0.00921. The van der Waals surface area contributed by atoms with E-state index in [-0.39, 0.29) is 27.6 Å². The van der Waals surface area contributed by atoms with Crippen LogP contribution in [-0.4, -0.2) is 98.9 Å². The summed E-state index contributed by atoms with van der Waals surface area (Å²) in [5, 5.41) is 42.5. The number of amides is 3. The topological polar surface area (TPSA) is 252 Å². The van der Waals surface area contributed by atoms with Gasteiger partial charge in [-0.3, -0.25) is 38.4 Å². The highest BCUT2D eigenvalue weighted by atomic mass is 127. The summed E-state index contributed by atoms with van der Waals surface area (Å²) in [5.41, 5.74) is -12.3. The van der Waals surface area contributed by atoms with Crippen LogP contribution in [0.4, 0.5) is 11.4 Å². The van der Waals surface area contributed by atoms with E-state index >= 15 is 0 Å². The number of ketones is 3. The van der Waals surface area contributed by atoms with Crippen LogP contribution in [0.25, 0.3) is 0 Å². The van der Waals surface area contributed by atoms with Gasteiger partial charge in [-0.25, -0.2) is 0 Å². The number of ether oxygens (including phenoxy) is 2. The largest absolute Gasteiger partial charge is 0.462 e. The highest BCUT2D eigenvalue weighted by molar-refractivity contribution is 14.1. The number of rotatable bonds is 13. The monoisotopic (exact) mass is 973 g/mol. The molecule has 0 fully saturated rings. The van der Waals surface area contributed by atoms with Crippen LogP contribution in [0.2, 0.25) is 0 Å². The van der Waals surface area contributed by atoms with Crippen LogP contribution in [0.15, 0.2) is 0 Å². The van der Waals surface area contributed by atoms with Crippen LogP contribution < -0.4 is 16.0 Å². The van der Waals surface area contributed by atoms with Crippen LogP contribution in [0.5, 0.6) is 0 Å². The van der Waals surface area contributed by atoms with E-state index in [1.54, 1.807) is 67.8 Å². The molecule has 1 rings (SSSR count). The standard InChI is InChI=1S/C26H30I3N3O13/c1-9(33)24(41,15(45-14(6)38)8-44-13(5)37)26(43,11(3)35)25(42,10(2)34)23(40)32-21-18(28)16(22(39)30-7)17(27)20(19(21)29)31-12(4)36/h15,41-43H,8H2,1-7H3,(H,30,39)(H,31,36)(H,32,40)/t15-,24-,25+,26+/m1/s1. The maximum absolute atomic E-state index is 14.0. The molecule has 0 unspecified atom stereocenters. The molecule has 0 heterocycles. The number of anilines is 2. The highest BCUT2D eigenvalue weighted by Gasteiger charge is 2.75. The fraction of sp³-hybridized carbons (Fsp3) is 0.462. The second-order valence-corrected chi connectivity index (χ2v) is 12.8. The van der Waals surface area contributed by atoms with Crippen LogP contribution >= 0.6 is 67.8 Å². The van der Waals surface area contributed by atoms with Gasteiger partial charge >= 0.3 is 11.9 Å². The zero-order valence-electron chi connectivity index (χ0n) is 24.8. The normalized spacial score (nSPS) is 15.6. The van der Waals surface area contributed by atoms with Crippen molar-refractivity contribution in [2.75, 3.05) is 24.3 Å². The van der Waals surface area contributed by atoms with E-state index in [1.165, 1.54) is 14.0 Å². The second kappa shape index (κ2) is 15.5. The number of carbonyl (C=O) groups excluding carboxylic acids is 8. The Morgan fingerprint density at radius 3 is 1.58 bits per heavy atom. The predicted octanol–water partition coefficient (Wildman–Crippen LogP) is 0.212. The summed E-state index contributed by atoms with van der Waals surface area (Å²) in [7, 11) is 1.31. The lowest BCUT2D eigenvalue weighted by molar-refractivity contribution is -0.250. The second-order valence-electron chi connectivity index (χ2n) is 9.54. The summed E-state index contributed by atoms with van der Waals surface area (Å²) >= 11 is 5.12. The van der Waals surface area contributed by atoms with E-state index in [0.29, 0.717) is 20.8 Å². The van der Waals surface area contributed by atoms with E-state index in [9.17, 15) is 53.7 Å². The molecule has 6 N–H and O–H groups in total. The molecule has 0 saturated carbocycles. The first-order chi connectivity index (χ1) is 20.5. The number of halogens is 3. The maximum atomic E-state index is 14.0. The molecule has 0 bridgehead atoms. The molecule has 0 saturated heterocycles. The maximum Gasteiger partial charge on any atom is 0.303 e. The Morgan fingerprint density at radius 1 is 0.733 bits per heavy atom. The van der Waals surface area contributed by atoms with Crippen LogP contribution in [0.1, 0.15) is 51.9 Å². The molecule has 0 aliphatic rings. The van der Waals surface area contributed by atoms with Gasteiger partial charge in [0.1, 0.15) is 6.61 Å². The van der Waals surface area contributed by atoms with Gasteiger partial charge in [0, 0.05) is 27.8 Å². The Kier molecular flexibility index (Phi) is 14.0. The van der Waals surface area contributed by atoms with Crippen molar-refractivity contribution in [2.24, 2.45) is 0 Å². The van der Waals surface area contributed by atoms with Gasteiger partial charge in [0.25, 0.3) is 11.8 Å². The predicted molar refractivity (Wildman–Crippen MR) is 180 cm³/mol. The minimum Gasteiger partial charge on any atom is -0.462 e. The van der Waals surface area contributed by atoms with Gasteiger partial charge in [-0.2, -0.15) is 0 Å². The Hall–Kier alpha value is -2.35. The zero-order chi connectivity index (χ0) is 35.4. The molecule has 16 nitrogen and oxygen atoms in total. The average molecular weight is 973 g/mol. The number of Topliss-reactive ketones (excluding diaryl/α,β-unsaturated/α-hetero) is 3. The van der Waals surface area contributed by atoms with Gasteiger partial charge < -0.3 is 40.7 Å². The molecule has 0 aliphatic heterocycles. The number of nitrogens with one attached hydrogen (secondary N) is 3. The van der Waals surface area contributed by atoms with Gasteiger partial charge in [-0.05, 0) is 88.5 Å². The first-order valence-corrected chi connectivity index (χ1v) is 15.7. The summed E-state index contributed by atoms with van der Waals surface area (Å²) < 4.78 is 9.96. The molecule has 0 aliphatic carbocycles. The van der Waals surface area contributed by atoms with E-state index in [0.717, 1.165) is 13.8 Å². The molecule has 0 aromatic heterocycles. The molecule has 45 heavy (non-hydrogen) atoms. The van der Waals surface area contributed by atoms with Gasteiger partial charge in [0.15, 0.2) is 23.5 Å². The molecular formula is C26H30I3N3O13. The van der Waals surface area contributed by atoms with Crippen LogP contribution in [0.3, 0.4) is 0 Å². The van der Waals surface area contributed by atoms with E-state index in [2.05, 4.69) is 16.0 Å². The lowest BCUT2D eigenvalue weighted by Crippen LogP contribution is -2.82. The van der Waals surface area contributed by atoms with Crippen LogP contribution in [0, 0.1) is 10.7 Å². The van der Waals surface area contributed by atoms with Crippen molar-refractivity contribution in [3.05, 3.63) is 16.3 Å². The molecule has 0 radical (unpaired) electrons. The van der Waals surface area contributed by atoms with E-state index in [4.69, 9.17) is 9.47 Å². The van der Waals surface area contributed by atoms with Crippen LogP contribution in [-0.2, 0) is 43.0 Å². The first kappa shape index (κ1) is 40.7. The Balaban J connectivity index is 4.22. The third kappa shape index (κ3) is 7.63. The van der Waals surface area contributed by atoms with E-state index in [1.807, 2.05) is 0 Å². The summed E-state index contributed by atoms with van der Waals surface area (Å²) in [6.07, 6.45) is -2.44. The van der Waals surface area contributed by atoms with Gasteiger partial charge in [0.2, 0.25) is 22.7 Å². The zero-order valence-corrected chi connectivity index (χ0v) is 31.3. The van der Waals surface area contributed by atoms with Gasteiger partial charge in [-0.1, -0.05) is 0 Å². The number of esters is 2. The fourth-order valence-corrected chi connectivity index (χ4v) is 8.51. The summed E-state index contributed by atoms with van der Waals surface area (Å²) in [6.45, 7) is 3.39. The summed E-state index contributed by atoms with van der Waals surface area (Å²) in [5.74, 6) is -10.3. The lowest BCUT2D eigenvalue weighted by atomic mass is 9.62. The van der Waals surface area contributed by atoms with Crippen molar-refractivity contribution in [2.45, 2.75) is 64.4 Å². The minimum atomic E-state index is -4.10. The third-order valence-corrected chi connectivity index (χ3v) is 9.72. The first-order valence-electron chi connectivity index (χ1n) is 12.5. The number of benzene rings is 1. The lowest BCUT2D eigenvalue weighted by Gasteiger charge is -2.49. The summed E-state index contributed by atoms with van der Waals surface area (Å²) in [4.78, 5) is 102. The van der Waals surface area contributed by atoms with Crippen molar-refractivity contribution in [1.82, 2.24) is 5.32 Å². The summed E-state index contributed by atoms with van der Waals surface area (Å²) in [6, 6.07) is 0. The Morgan fingerprint density at radius 2 is 1.22 bits per heavy atom. The number of hydrogen-bond acceptors (Lipinski definition) is 13. The molecule has 1 aromatic rings. The molecule has 19 heteroatoms. The number of aliphatic hydroxyl groups is 3. The van der Waals surface area contributed by atoms with Crippen molar-refractivity contribution < 1.29 is 63.1 Å². The quantitative estimate of drug-likeness (QED) is 0.0881. The van der Waals surface area contributed by atoms with Gasteiger partial charge in [-0.15, -0.1) is 0 Å². The Bertz CT molecular complexity index is 1480. The smallest absolute Gasteiger partial charge is 0.303 e. The van der Waals surface area contributed by atoms with Crippen molar-refractivity contribution >= 4 is 126 Å². The third-order valence-electron chi connectivity index (χ3n) is 6.48. The SMILES string of the molecule is CNC(=O)c1c(I)c(NC(C)=O)c(I)c(NC(=O)[C@@](O)(C(C)=O)[C@](O)(C(C)=O)[C@@](O)(C(C)=O)[C@@H](COC(C)=O)OC(C)=O)c1I. The van der Waals surface area contributed by atoms with Crippen molar-refractivity contribution in [1.29, 1.82) is 0 Å². The molecule has 3 amide bonds. The molecule has 0 spiro atoms. The number of carbonyl (C=O) groups is 8.